The molecular weight excluding hydrogens is 489 g/mol. The van der Waals surface area contributed by atoms with Crippen LogP contribution in [0.5, 0.6) is 0 Å². The Morgan fingerprint density at radius 3 is 2.57 bits per heavy atom. The van der Waals surface area contributed by atoms with Gasteiger partial charge in [-0.2, -0.15) is 5.10 Å². The zero-order valence-electron chi connectivity index (χ0n) is 17.6. The van der Waals surface area contributed by atoms with Crippen LogP contribution in [-0.4, -0.2) is 33.9 Å². The normalized spacial score (nSPS) is 13.3. The van der Waals surface area contributed by atoms with Crippen LogP contribution >= 0.6 is 24.0 Å². The summed E-state index contributed by atoms with van der Waals surface area (Å²) in [4.78, 5) is 4.58. The van der Waals surface area contributed by atoms with Gasteiger partial charge in [0.05, 0.1) is 24.4 Å². The topological polar surface area (TPSA) is 74.5 Å². The summed E-state index contributed by atoms with van der Waals surface area (Å²) in [7, 11) is 0. The third-order valence-corrected chi connectivity index (χ3v) is 4.72. The quantitative estimate of drug-likeness (QED) is 0.249. The van der Waals surface area contributed by atoms with E-state index in [0.717, 1.165) is 23.4 Å². The molecule has 2 aromatic carbocycles. The lowest BCUT2D eigenvalue weighted by molar-refractivity contribution is 0.187. The molecular formula is C23H30IN5O. The molecule has 3 N–H and O–H groups in total. The van der Waals surface area contributed by atoms with Crippen molar-refractivity contribution in [3.63, 3.8) is 0 Å². The number of hydrogen-bond acceptors (Lipinski definition) is 3. The van der Waals surface area contributed by atoms with Crippen LogP contribution in [0.3, 0.4) is 0 Å². The van der Waals surface area contributed by atoms with E-state index in [1.54, 1.807) is 6.20 Å². The maximum absolute atomic E-state index is 10.4. The fourth-order valence-electron chi connectivity index (χ4n) is 3.04. The number of aliphatic hydroxyl groups excluding tert-OH is 1. The molecule has 0 bridgehead atoms. The molecule has 6 nitrogen and oxygen atoms in total. The third-order valence-electron chi connectivity index (χ3n) is 4.72. The average Bonchev–Trinajstić information content (AvgIpc) is 3.27. The summed E-state index contributed by atoms with van der Waals surface area (Å²) in [6.45, 7) is 7.18. The van der Waals surface area contributed by atoms with Crippen LogP contribution < -0.4 is 10.6 Å². The second-order valence-corrected chi connectivity index (χ2v) is 7.06. The highest BCUT2D eigenvalue weighted by atomic mass is 127. The number of halogens is 1. The number of rotatable bonds is 7. The monoisotopic (exact) mass is 519 g/mol. The maximum atomic E-state index is 10.4. The molecule has 1 aromatic heterocycles. The zero-order valence-corrected chi connectivity index (χ0v) is 19.9. The second-order valence-electron chi connectivity index (χ2n) is 7.06. The van der Waals surface area contributed by atoms with Gasteiger partial charge >= 0.3 is 0 Å². The summed E-state index contributed by atoms with van der Waals surface area (Å²) in [6, 6.07) is 18.1. The van der Waals surface area contributed by atoms with E-state index in [2.05, 4.69) is 39.8 Å². The smallest absolute Gasteiger partial charge is 0.191 e. The van der Waals surface area contributed by atoms with Crippen LogP contribution in [-0.2, 0) is 0 Å². The molecule has 2 atom stereocenters. The summed E-state index contributed by atoms with van der Waals surface area (Å²) >= 11 is 0. The van der Waals surface area contributed by atoms with Gasteiger partial charge in [-0.3, -0.25) is 4.99 Å². The highest BCUT2D eigenvalue weighted by Gasteiger charge is 2.11. The summed E-state index contributed by atoms with van der Waals surface area (Å²) < 4.78 is 1.84. The summed E-state index contributed by atoms with van der Waals surface area (Å²) in [5.74, 6) is 0.677. The second kappa shape index (κ2) is 11.7. The Morgan fingerprint density at radius 2 is 1.90 bits per heavy atom. The Bertz CT molecular complexity index is 925. The van der Waals surface area contributed by atoms with Crippen molar-refractivity contribution in [2.45, 2.75) is 32.9 Å². The van der Waals surface area contributed by atoms with Crippen molar-refractivity contribution in [1.82, 2.24) is 20.4 Å². The zero-order chi connectivity index (χ0) is 20.6. The standard InChI is InChI=1S/C23H29N5O.HI/c1-4-24-23(25-16-22(29)19-11-9-17(2)10-12-19)27-18(3)20-7-5-8-21(15-20)28-14-6-13-26-28;/h5-15,18,22,29H,4,16H2,1-3H3,(H2,24,25,27);1H. The first-order chi connectivity index (χ1) is 14.1. The number of guanidine groups is 1. The van der Waals surface area contributed by atoms with Crippen molar-refractivity contribution >= 4 is 29.9 Å². The van der Waals surface area contributed by atoms with Gasteiger partial charge in [0.1, 0.15) is 0 Å². The molecule has 7 heteroatoms. The van der Waals surface area contributed by atoms with Crippen molar-refractivity contribution in [3.05, 3.63) is 83.7 Å². The van der Waals surface area contributed by atoms with Crippen LogP contribution in [0.25, 0.3) is 5.69 Å². The molecule has 0 saturated heterocycles. The highest BCUT2D eigenvalue weighted by Crippen LogP contribution is 2.17. The number of nitrogens with zero attached hydrogens (tertiary/aromatic N) is 3. The van der Waals surface area contributed by atoms with Gasteiger partial charge in [0, 0.05) is 18.9 Å². The Labute approximate surface area is 195 Å². The van der Waals surface area contributed by atoms with Gasteiger partial charge in [-0.1, -0.05) is 42.0 Å². The summed E-state index contributed by atoms with van der Waals surface area (Å²) in [6.07, 6.45) is 3.06. The Hall–Kier alpha value is -2.39. The van der Waals surface area contributed by atoms with Gasteiger partial charge in [0.25, 0.3) is 0 Å². The van der Waals surface area contributed by atoms with Crippen molar-refractivity contribution in [1.29, 1.82) is 0 Å². The van der Waals surface area contributed by atoms with Crippen molar-refractivity contribution in [3.8, 4) is 5.69 Å². The van der Waals surface area contributed by atoms with E-state index >= 15 is 0 Å². The first-order valence-corrected chi connectivity index (χ1v) is 9.96. The van der Waals surface area contributed by atoms with Gasteiger partial charge < -0.3 is 15.7 Å². The van der Waals surface area contributed by atoms with E-state index in [4.69, 9.17) is 0 Å². The molecule has 0 radical (unpaired) electrons. The van der Waals surface area contributed by atoms with Gasteiger partial charge in [-0.05, 0) is 50.1 Å². The summed E-state index contributed by atoms with van der Waals surface area (Å²) in [5, 5.41) is 21.4. The van der Waals surface area contributed by atoms with Gasteiger partial charge in [0.2, 0.25) is 0 Å². The largest absolute Gasteiger partial charge is 0.386 e. The van der Waals surface area contributed by atoms with E-state index in [-0.39, 0.29) is 30.0 Å². The molecule has 1 heterocycles. The molecule has 0 aliphatic rings. The molecule has 3 aromatic rings. The average molecular weight is 519 g/mol. The van der Waals surface area contributed by atoms with Gasteiger partial charge in [-0.15, -0.1) is 24.0 Å². The molecule has 0 aliphatic carbocycles. The van der Waals surface area contributed by atoms with Gasteiger partial charge in [-0.25, -0.2) is 4.68 Å². The molecule has 0 fully saturated rings. The Morgan fingerprint density at radius 1 is 1.13 bits per heavy atom. The highest BCUT2D eigenvalue weighted by molar-refractivity contribution is 14.0. The molecule has 160 valence electrons. The lowest BCUT2D eigenvalue weighted by Crippen LogP contribution is -2.39. The maximum Gasteiger partial charge on any atom is 0.191 e. The van der Waals surface area contributed by atoms with Crippen molar-refractivity contribution in [2.75, 3.05) is 13.1 Å². The lowest BCUT2D eigenvalue weighted by Gasteiger charge is -2.19. The van der Waals surface area contributed by atoms with Crippen LogP contribution in [0.2, 0.25) is 0 Å². The molecule has 0 spiro atoms. The van der Waals surface area contributed by atoms with E-state index in [0.29, 0.717) is 12.5 Å². The first kappa shape index (κ1) is 23.9. The van der Waals surface area contributed by atoms with E-state index < -0.39 is 6.10 Å². The molecule has 30 heavy (non-hydrogen) atoms. The molecule has 0 saturated carbocycles. The number of aliphatic hydroxyl groups is 1. The number of hydrogen-bond donors (Lipinski definition) is 3. The first-order valence-electron chi connectivity index (χ1n) is 9.96. The predicted molar refractivity (Wildman–Crippen MR) is 133 cm³/mol. The Kier molecular flexibility index (Phi) is 9.32. The van der Waals surface area contributed by atoms with Crippen LogP contribution in [0.15, 0.2) is 72.0 Å². The predicted octanol–water partition coefficient (Wildman–Crippen LogP) is 4.15. The SMILES string of the molecule is CCNC(=NCC(O)c1ccc(C)cc1)NC(C)c1cccc(-n2cccn2)c1.I. The van der Waals surface area contributed by atoms with Crippen molar-refractivity contribution < 1.29 is 5.11 Å². The van der Waals surface area contributed by atoms with E-state index in [1.165, 1.54) is 5.56 Å². The minimum atomic E-state index is -0.635. The van der Waals surface area contributed by atoms with Crippen LogP contribution in [0, 0.1) is 6.92 Å². The summed E-state index contributed by atoms with van der Waals surface area (Å²) in [5.41, 5.74) is 4.18. The fourth-order valence-corrected chi connectivity index (χ4v) is 3.04. The van der Waals surface area contributed by atoms with E-state index in [9.17, 15) is 5.11 Å². The number of aryl methyl sites for hydroxylation is 1. The van der Waals surface area contributed by atoms with E-state index in [1.807, 2.05) is 67.2 Å². The van der Waals surface area contributed by atoms with Gasteiger partial charge in [0.15, 0.2) is 5.96 Å². The number of aliphatic imine (C=N–C) groups is 1. The minimum Gasteiger partial charge on any atom is -0.386 e. The third kappa shape index (κ3) is 6.56. The van der Waals surface area contributed by atoms with Crippen LogP contribution in [0.1, 0.15) is 42.7 Å². The number of benzene rings is 2. The minimum absolute atomic E-state index is 0. The molecule has 3 rings (SSSR count). The number of aromatic nitrogens is 2. The van der Waals surface area contributed by atoms with Crippen LogP contribution in [0.4, 0.5) is 0 Å². The fraction of sp³-hybridized carbons (Fsp3) is 0.304. The molecule has 0 amide bonds. The Balaban J connectivity index is 0.00000320. The number of nitrogens with one attached hydrogen (secondary N) is 2. The molecule has 2 unspecified atom stereocenters. The molecule has 0 aliphatic heterocycles. The van der Waals surface area contributed by atoms with Crippen molar-refractivity contribution in [2.24, 2.45) is 4.99 Å². The lowest BCUT2D eigenvalue weighted by atomic mass is 10.1.